The molecule has 0 saturated heterocycles. The Kier molecular flexibility index (Phi) is 9.67. The lowest BCUT2D eigenvalue weighted by molar-refractivity contribution is -0.147. The summed E-state index contributed by atoms with van der Waals surface area (Å²) in [6.07, 6.45) is 0.720. The second-order valence-electron chi connectivity index (χ2n) is 9.91. The van der Waals surface area contributed by atoms with Gasteiger partial charge in [-0.2, -0.15) is 9.78 Å². The van der Waals surface area contributed by atoms with E-state index in [0.29, 0.717) is 44.9 Å². The number of para-hydroxylation sites is 1. The molecule has 1 atom stereocenters. The fraction of sp³-hybridized carbons (Fsp3) is 0.312. The van der Waals surface area contributed by atoms with Crippen molar-refractivity contribution in [3.05, 3.63) is 80.0 Å². The molecule has 3 aromatic carbocycles. The van der Waals surface area contributed by atoms with Crippen LogP contribution >= 0.6 is 15.9 Å². The standard InChI is InChI=1S/C32H34BrN3O6/c1-8-41-28-14-21(25(33)16-29(28)42-20(5)32(38)40-7)17-34-36-30(35-26-12-10-9-11-22(26)31(36)37)24-15-23(18(2)3)27(39-6)13-19(24)4/h9-18,20H,8H2,1-7H3/t20-/m0/s1. The molecule has 0 aliphatic heterocycles. The molecular weight excluding hydrogens is 602 g/mol. The average Bonchev–Trinajstić information content (AvgIpc) is 2.97. The molecule has 0 radical (unpaired) electrons. The van der Waals surface area contributed by atoms with Crippen LogP contribution in [-0.2, 0) is 9.53 Å². The van der Waals surface area contributed by atoms with Gasteiger partial charge in [0.25, 0.3) is 5.56 Å². The third kappa shape index (κ3) is 6.33. The Bertz CT molecular complexity index is 1710. The van der Waals surface area contributed by atoms with E-state index in [1.54, 1.807) is 44.5 Å². The molecule has 0 bridgehead atoms. The molecule has 4 rings (SSSR count). The molecule has 9 nitrogen and oxygen atoms in total. The van der Waals surface area contributed by atoms with Crippen molar-refractivity contribution in [1.29, 1.82) is 0 Å². The molecule has 0 fully saturated rings. The summed E-state index contributed by atoms with van der Waals surface area (Å²) < 4.78 is 23.9. The minimum atomic E-state index is -0.839. The monoisotopic (exact) mass is 635 g/mol. The summed E-state index contributed by atoms with van der Waals surface area (Å²) in [6, 6.07) is 14.6. The van der Waals surface area contributed by atoms with Gasteiger partial charge in [0, 0.05) is 15.6 Å². The number of fused-ring (bicyclic) bond motifs is 1. The van der Waals surface area contributed by atoms with E-state index in [1.165, 1.54) is 11.8 Å². The van der Waals surface area contributed by atoms with Gasteiger partial charge in [-0.3, -0.25) is 4.79 Å². The third-order valence-corrected chi connectivity index (χ3v) is 7.39. The van der Waals surface area contributed by atoms with Crippen LogP contribution in [0.3, 0.4) is 0 Å². The molecule has 4 aromatic rings. The molecule has 0 aliphatic rings. The maximum Gasteiger partial charge on any atom is 0.346 e. The highest BCUT2D eigenvalue weighted by molar-refractivity contribution is 9.10. The van der Waals surface area contributed by atoms with Gasteiger partial charge >= 0.3 is 5.97 Å². The van der Waals surface area contributed by atoms with E-state index in [0.717, 1.165) is 22.4 Å². The van der Waals surface area contributed by atoms with E-state index in [4.69, 9.17) is 23.9 Å². The molecule has 0 amide bonds. The number of ether oxygens (including phenoxy) is 4. The zero-order valence-corrected chi connectivity index (χ0v) is 26.3. The van der Waals surface area contributed by atoms with Gasteiger partial charge in [-0.05, 0) is 90.1 Å². The van der Waals surface area contributed by atoms with Crippen LogP contribution in [0.15, 0.2) is 62.9 Å². The average molecular weight is 637 g/mol. The van der Waals surface area contributed by atoms with Gasteiger partial charge in [0.1, 0.15) is 5.75 Å². The second-order valence-corrected chi connectivity index (χ2v) is 10.8. The Morgan fingerprint density at radius 3 is 2.48 bits per heavy atom. The van der Waals surface area contributed by atoms with Crippen LogP contribution < -0.4 is 19.8 Å². The number of methoxy groups -OCH3 is 2. The molecule has 0 N–H and O–H groups in total. The van der Waals surface area contributed by atoms with Crippen LogP contribution in [0.1, 0.15) is 50.3 Å². The summed E-state index contributed by atoms with van der Waals surface area (Å²) >= 11 is 3.56. The minimum absolute atomic E-state index is 0.180. The van der Waals surface area contributed by atoms with Crippen LogP contribution in [0.2, 0.25) is 0 Å². The molecule has 1 heterocycles. The topological polar surface area (TPSA) is 101 Å². The lowest BCUT2D eigenvalue weighted by Crippen LogP contribution is -2.25. The second kappa shape index (κ2) is 13.2. The highest BCUT2D eigenvalue weighted by Gasteiger charge is 2.20. The Hall–Kier alpha value is -4.18. The predicted octanol–water partition coefficient (Wildman–Crippen LogP) is 6.49. The number of hydrogen-bond acceptors (Lipinski definition) is 8. The molecule has 10 heteroatoms. The SMILES string of the molecule is CCOc1cc(C=Nn2c(-c3cc(C(C)C)c(OC)cc3C)nc3ccccc3c2=O)c(Br)cc1O[C@@H](C)C(=O)OC. The van der Waals surface area contributed by atoms with Gasteiger partial charge in [0.15, 0.2) is 23.4 Å². The normalized spacial score (nSPS) is 12.1. The van der Waals surface area contributed by atoms with E-state index < -0.39 is 12.1 Å². The van der Waals surface area contributed by atoms with Crippen molar-refractivity contribution in [2.75, 3.05) is 20.8 Å². The van der Waals surface area contributed by atoms with E-state index in [-0.39, 0.29) is 11.5 Å². The van der Waals surface area contributed by atoms with Crippen molar-refractivity contribution in [3.8, 4) is 28.6 Å². The minimum Gasteiger partial charge on any atom is -0.496 e. The van der Waals surface area contributed by atoms with Gasteiger partial charge in [0.2, 0.25) is 0 Å². The van der Waals surface area contributed by atoms with Crippen LogP contribution in [0.25, 0.3) is 22.3 Å². The Morgan fingerprint density at radius 2 is 1.81 bits per heavy atom. The van der Waals surface area contributed by atoms with Crippen molar-refractivity contribution in [2.45, 2.75) is 46.6 Å². The highest BCUT2D eigenvalue weighted by Crippen LogP contribution is 2.35. The summed E-state index contributed by atoms with van der Waals surface area (Å²) in [5.41, 5.74) is 3.55. The number of halogens is 1. The Balaban J connectivity index is 1.89. The summed E-state index contributed by atoms with van der Waals surface area (Å²) in [5.74, 6) is 1.63. The van der Waals surface area contributed by atoms with Crippen LogP contribution in [0, 0.1) is 6.92 Å². The van der Waals surface area contributed by atoms with E-state index in [1.807, 2.05) is 38.1 Å². The zero-order valence-electron chi connectivity index (χ0n) is 24.7. The van der Waals surface area contributed by atoms with Crippen molar-refractivity contribution >= 4 is 39.0 Å². The van der Waals surface area contributed by atoms with E-state index >= 15 is 0 Å². The molecule has 0 unspecified atom stereocenters. The highest BCUT2D eigenvalue weighted by atomic mass is 79.9. The van der Waals surface area contributed by atoms with E-state index in [9.17, 15) is 9.59 Å². The number of aryl methyl sites for hydroxylation is 1. The van der Waals surface area contributed by atoms with Crippen LogP contribution in [0.4, 0.5) is 0 Å². The summed E-state index contributed by atoms with van der Waals surface area (Å²) in [6.45, 7) is 9.94. The lowest BCUT2D eigenvalue weighted by atomic mass is 9.96. The van der Waals surface area contributed by atoms with Gasteiger partial charge in [0.05, 0.1) is 37.9 Å². The fourth-order valence-electron chi connectivity index (χ4n) is 4.51. The number of carbonyl (C=O) groups is 1. The third-order valence-electron chi connectivity index (χ3n) is 6.71. The Labute approximate surface area is 253 Å². The maximum atomic E-state index is 13.8. The molecule has 42 heavy (non-hydrogen) atoms. The quantitative estimate of drug-likeness (QED) is 0.145. The molecule has 0 saturated carbocycles. The first-order chi connectivity index (χ1) is 20.1. The van der Waals surface area contributed by atoms with Crippen molar-refractivity contribution in [1.82, 2.24) is 9.66 Å². The molecule has 0 aliphatic carbocycles. The van der Waals surface area contributed by atoms with Crippen molar-refractivity contribution in [2.24, 2.45) is 5.10 Å². The number of aromatic nitrogens is 2. The van der Waals surface area contributed by atoms with Crippen LogP contribution in [0.5, 0.6) is 17.2 Å². The number of nitrogens with zero attached hydrogens (tertiary/aromatic N) is 3. The number of carbonyl (C=O) groups excluding carboxylic acids is 1. The first-order valence-corrected chi connectivity index (χ1v) is 14.3. The molecule has 220 valence electrons. The summed E-state index contributed by atoms with van der Waals surface area (Å²) in [7, 11) is 2.95. The van der Waals surface area contributed by atoms with E-state index in [2.05, 4.69) is 34.9 Å². The predicted molar refractivity (Wildman–Crippen MR) is 167 cm³/mol. The zero-order chi connectivity index (χ0) is 30.6. The number of esters is 1. The molecular formula is C32H34BrN3O6. The molecule has 1 aromatic heterocycles. The largest absolute Gasteiger partial charge is 0.496 e. The summed E-state index contributed by atoms with van der Waals surface area (Å²) in [4.78, 5) is 30.6. The van der Waals surface area contributed by atoms with Crippen molar-refractivity contribution in [3.63, 3.8) is 0 Å². The van der Waals surface area contributed by atoms with Gasteiger partial charge in [-0.15, -0.1) is 0 Å². The molecule has 0 spiro atoms. The number of rotatable bonds is 10. The lowest BCUT2D eigenvalue weighted by Gasteiger charge is -2.18. The first kappa shape index (κ1) is 30.8. The first-order valence-electron chi connectivity index (χ1n) is 13.5. The van der Waals surface area contributed by atoms with Crippen molar-refractivity contribution < 1.29 is 23.7 Å². The Morgan fingerprint density at radius 1 is 1.07 bits per heavy atom. The van der Waals surface area contributed by atoms with Gasteiger partial charge in [-0.25, -0.2) is 9.78 Å². The maximum absolute atomic E-state index is 13.8. The number of hydrogen-bond donors (Lipinski definition) is 0. The number of benzene rings is 3. The fourth-order valence-corrected chi connectivity index (χ4v) is 4.93. The van der Waals surface area contributed by atoms with Crippen LogP contribution in [-0.4, -0.2) is 48.8 Å². The smallest absolute Gasteiger partial charge is 0.346 e. The van der Waals surface area contributed by atoms with Gasteiger partial charge in [-0.1, -0.05) is 26.0 Å². The van der Waals surface area contributed by atoms with Gasteiger partial charge < -0.3 is 18.9 Å². The summed E-state index contributed by atoms with van der Waals surface area (Å²) in [5, 5.41) is 5.09.